The van der Waals surface area contributed by atoms with Crippen molar-refractivity contribution >= 4 is 45.3 Å². The van der Waals surface area contributed by atoms with Crippen molar-refractivity contribution in [3.8, 4) is 0 Å². The third-order valence-corrected chi connectivity index (χ3v) is 4.60. The van der Waals surface area contributed by atoms with Crippen LogP contribution in [0.3, 0.4) is 0 Å². The third-order valence-electron chi connectivity index (χ3n) is 3.73. The molecule has 0 radical (unpaired) electrons. The van der Waals surface area contributed by atoms with E-state index in [-0.39, 0.29) is 22.9 Å². The van der Waals surface area contributed by atoms with Gasteiger partial charge in [-0.05, 0) is 30.3 Å². The summed E-state index contributed by atoms with van der Waals surface area (Å²) < 4.78 is 0. The number of benzene rings is 2. The molecular weight excluding hydrogens is 354 g/mol. The van der Waals surface area contributed by atoms with E-state index in [9.17, 15) is 14.4 Å². The number of aromatic nitrogens is 4. The van der Waals surface area contributed by atoms with Gasteiger partial charge in [0.2, 0.25) is 5.91 Å². The molecule has 0 saturated heterocycles. The molecule has 0 bridgehead atoms. The van der Waals surface area contributed by atoms with E-state index in [2.05, 4.69) is 25.3 Å². The highest BCUT2D eigenvalue weighted by Crippen LogP contribution is 2.17. The van der Waals surface area contributed by atoms with Gasteiger partial charge in [-0.25, -0.2) is 9.78 Å². The Morgan fingerprint density at radius 1 is 1.04 bits per heavy atom. The van der Waals surface area contributed by atoms with Gasteiger partial charge in [0.1, 0.15) is 0 Å². The van der Waals surface area contributed by atoms with Crippen molar-refractivity contribution in [2.24, 2.45) is 0 Å². The minimum absolute atomic E-state index is 0.0863. The van der Waals surface area contributed by atoms with Crippen molar-refractivity contribution in [2.45, 2.75) is 5.16 Å². The van der Waals surface area contributed by atoms with Crippen LogP contribution in [-0.4, -0.2) is 31.6 Å². The fourth-order valence-corrected chi connectivity index (χ4v) is 3.24. The Morgan fingerprint density at radius 3 is 2.73 bits per heavy atom. The van der Waals surface area contributed by atoms with Crippen molar-refractivity contribution in [3.63, 3.8) is 0 Å². The van der Waals surface area contributed by atoms with Crippen molar-refractivity contribution in [2.75, 3.05) is 11.1 Å². The van der Waals surface area contributed by atoms with Gasteiger partial charge in [0.05, 0.1) is 27.7 Å². The minimum atomic E-state index is -0.301. The molecule has 0 spiro atoms. The zero-order valence-corrected chi connectivity index (χ0v) is 14.1. The second kappa shape index (κ2) is 6.52. The highest BCUT2D eigenvalue weighted by atomic mass is 32.2. The molecule has 1 amide bonds. The Labute approximate surface area is 150 Å². The van der Waals surface area contributed by atoms with Crippen LogP contribution < -0.4 is 16.6 Å². The standard InChI is InChI=1S/C17H13N5O3S/c23-14(18-9-5-6-12-13(7-9)20-16(25)19-12)8-26-17-21-11-4-2-1-3-10(11)15(24)22-17/h1-7H,8H2,(H,18,23)(H2,19,20,25)(H,21,22,24). The van der Waals surface area contributed by atoms with Crippen LogP contribution in [0.4, 0.5) is 5.69 Å². The zero-order valence-electron chi connectivity index (χ0n) is 13.3. The van der Waals surface area contributed by atoms with Crippen LogP contribution in [0.15, 0.2) is 57.2 Å². The summed E-state index contributed by atoms with van der Waals surface area (Å²) in [5.74, 6) is -0.161. The van der Waals surface area contributed by atoms with Crippen molar-refractivity contribution in [1.82, 2.24) is 19.9 Å². The van der Waals surface area contributed by atoms with E-state index in [0.29, 0.717) is 32.8 Å². The van der Waals surface area contributed by atoms with Crippen LogP contribution >= 0.6 is 11.8 Å². The summed E-state index contributed by atoms with van der Waals surface area (Å²) in [4.78, 5) is 47.7. The topological polar surface area (TPSA) is 123 Å². The second-order valence-electron chi connectivity index (χ2n) is 5.56. The maximum absolute atomic E-state index is 12.1. The number of imidazole rings is 1. The average molecular weight is 367 g/mol. The Kier molecular flexibility index (Phi) is 4.05. The molecule has 0 unspecified atom stereocenters. The number of anilines is 1. The Balaban J connectivity index is 1.46. The number of carbonyl (C=O) groups excluding carboxylic acids is 1. The lowest BCUT2D eigenvalue weighted by Crippen LogP contribution is -2.15. The average Bonchev–Trinajstić information content (AvgIpc) is 2.99. The van der Waals surface area contributed by atoms with Crippen LogP contribution in [0.2, 0.25) is 0 Å². The van der Waals surface area contributed by atoms with E-state index < -0.39 is 0 Å². The third kappa shape index (κ3) is 3.24. The molecule has 0 fully saturated rings. The normalized spacial score (nSPS) is 11.1. The number of nitrogens with one attached hydrogen (secondary N) is 4. The van der Waals surface area contributed by atoms with E-state index in [1.807, 2.05) is 0 Å². The number of aromatic amines is 3. The van der Waals surface area contributed by atoms with Gasteiger partial charge in [-0.2, -0.15) is 0 Å². The molecule has 0 atom stereocenters. The highest BCUT2D eigenvalue weighted by molar-refractivity contribution is 7.99. The molecule has 0 aliphatic carbocycles. The number of carbonyl (C=O) groups is 1. The molecule has 2 heterocycles. The smallest absolute Gasteiger partial charge is 0.323 e. The number of hydrogen-bond acceptors (Lipinski definition) is 5. The number of amides is 1. The Bertz CT molecular complexity index is 1240. The Morgan fingerprint density at radius 2 is 1.85 bits per heavy atom. The number of thioether (sulfide) groups is 1. The molecule has 4 N–H and O–H groups in total. The van der Waals surface area contributed by atoms with Crippen molar-refractivity contribution < 1.29 is 4.79 Å². The molecule has 130 valence electrons. The number of fused-ring (bicyclic) bond motifs is 2. The van der Waals surface area contributed by atoms with E-state index in [1.165, 1.54) is 0 Å². The van der Waals surface area contributed by atoms with Gasteiger partial charge in [-0.15, -0.1) is 0 Å². The molecule has 2 aromatic carbocycles. The lowest BCUT2D eigenvalue weighted by atomic mass is 10.2. The molecule has 0 saturated carbocycles. The summed E-state index contributed by atoms with van der Waals surface area (Å²) in [6, 6.07) is 12.1. The number of hydrogen-bond donors (Lipinski definition) is 4. The first-order valence-corrected chi connectivity index (χ1v) is 8.71. The fourth-order valence-electron chi connectivity index (χ4n) is 2.57. The minimum Gasteiger partial charge on any atom is -0.325 e. The number of para-hydroxylation sites is 1. The van der Waals surface area contributed by atoms with Crippen LogP contribution in [0.25, 0.3) is 21.9 Å². The summed E-state index contributed by atoms with van der Waals surface area (Å²) in [6.07, 6.45) is 0. The van der Waals surface area contributed by atoms with Gasteiger partial charge in [0, 0.05) is 5.69 Å². The lowest BCUT2D eigenvalue weighted by molar-refractivity contribution is -0.113. The summed E-state index contributed by atoms with van der Waals surface area (Å²) in [6.45, 7) is 0. The second-order valence-corrected chi connectivity index (χ2v) is 6.53. The SMILES string of the molecule is O=C(CSc1nc2ccccc2c(=O)[nH]1)Nc1ccc2[nH]c(=O)[nH]c2c1. The predicted molar refractivity (Wildman–Crippen MR) is 101 cm³/mol. The van der Waals surface area contributed by atoms with Crippen LogP contribution in [-0.2, 0) is 4.79 Å². The maximum atomic E-state index is 12.1. The first-order valence-electron chi connectivity index (χ1n) is 7.72. The summed E-state index contributed by atoms with van der Waals surface area (Å²) in [5, 5.41) is 3.64. The van der Waals surface area contributed by atoms with E-state index in [0.717, 1.165) is 11.8 Å². The maximum Gasteiger partial charge on any atom is 0.323 e. The predicted octanol–water partition coefficient (Wildman–Crippen LogP) is 1.82. The largest absolute Gasteiger partial charge is 0.325 e. The van der Waals surface area contributed by atoms with Crippen LogP contribution in [0, 0.1) is 0 Å². The molecule has 4 aromatic rings. The van der Waals surface area contributed by atoms with Gasteiger partial charge in [-0.1, -0.05) is 23.9 Å². The summed E-state index contributed by atoms with van der Waals surface area (Å²) in [5.41, 5.74) is 1.89. The molecule has 4 rings (SSSR count). The molecule has 0 aliphatic heterocycles. The molecule has 26 heavy (non-hydrogen) atoms. The van der Waals surface area contributed by atoms with Gasteiger partial charge in [-0.3, -0.25) is 9.59 Å². The number of nitrogens with zero attached hydrogens (tertiary/aromatic N) is 1. The van der Waals surface area contributed by atoms with E-state index in [1.54, 1.807) is 42.5 Å². The molecule has 0 aliphatic rings. The molecular formula is C17H13N5O3S. The first-order chi connectivity index (χ1) is 12.6. The number of H-pyrrole nitrogens is 3. The quantitative estimate of drug-likeness (QED) is 0.324. The Hall–Kier alpha value is -3.33. The fraction of sp³-hybridized carbons (Fsp3) is 0.0588. The number of rotatable bonds is 4. The van der Waals surface area contributed by atoms with Crippen LogP contribution in [0.5, 0.6) is 0 Å². The monoisotopic (exact) mass is 367 g/mol. The molecule has 8 nitrogen and oxygen atoms in total. The zero-order chi connectivity index (χ0) is 18.1. The van der Waals surface area contributed by atoms with Gasteiger partial charge >= 0.3 is 5.69 Å². The summed E-state index contributed by atoms with van der Waals surface area (Å²) >= 11 is 1.14. The molecule has 9 heteroatoms. The van der Waals surface area contributed by atoms with Crippen molar-refractivity contribution in [3.05, 3.63) is 63.3 Å². The lowest BCUT2D eigenvalue weighted by Gasteiger charge is -2.05. The van der Waals surface area contributed by atoms with E-state index >= 15 is 0 Å². The van der Waals surface area contributed by atoms with Gasteiger partial charge in [0.25, 0.3) is 5.56 Å². The highest BCUT2D eigenvalue weighted by Gasteiger charge is 2.08. The summed E-state index contributed by atoms with van der Waals surface area (Å²) in [7, 11) is 0. The van der Waals surface area contributed by atoms with E-state index in [4.69, 9.17) is 0 Å². The van der Waals surface area contributed by atoms with Gasteiger partial charge < -0.3 is 20.3 Å². The van der Waals surface area contributed by atoms with Crippen molar-refractivity contribution in [1.29, 1.82) is 0 Å². The van der Waals surface area contributed by atoms with Crippen LogP contribution in [0.1, 0.15) is 0 Å². The molecule has 2 aromatic heterocycles. The first kappa shape index (κ1) is 16.2. The van der Waals surface area contributed by atoms with Gasteiger partial charge in [0.15, 0.2) is 5.16 Å².